The van der Waals surface area contributed by atoms with Gasteiger partial charge in [-0.15, -0.1) is 0 Å². The van der Waals surface area contributed by atoms with Gasteiger partial charge in [0.2, 0.25) is 0 Å². The summed E-state index contributed by atoms with van der Waals surface area (Å²) in [4.78, 5) is 36.9. The molecule has 3 aromatic carbocycles. The van der Waals surface area contributed by atoms with Gasteiger partial charge in [0.15, 0.2) is 0 Å². The molecule has 8 heteroatoms. The maximum atomic E-state index is 12.9. The number of rotatable bonds is 7. The molecule has 1 N–H and O–H groups in total. The van der Waals surface area contributed by atoms with Crippen LogP contribution in [0.2, 0.25) is 0 Å². The molecule has 166 valence electrons. The molecule has 0 bridgehead atoms. The molecule has 1 aliphatic heterocycles. The smallest absolute Gasteiger partial charge is 0.329 e. The van der Waals surface area contributed by atoms with Crippen molar-refractivity contribution in [2.75, 3.05) is 0 Å². The maximum absolute atomic E-state index is 12.9. The lowest BCUT2D eigenvalue weighted by atomic mass is 10.1. The summed E-state index contributed by atoms with van der Waals surface area (Å²) < 4.78 is 5.86. The van der Waals surface area contributed by atoms with Crippen LogP contribution in [0, 0.1) is 17.0 Å². The number of imide groups is 1. The van der Waals surface area contributed by atoms with Crippen LogP contribution in [-0.4, -0.2) is 21.8 Å². The number of carbonyl (C=O) groups excluding carboxylic acids is 2. The van der Waals surface area contributed by atoms with Gasteiger partial charge in [0.1, 0.15) is 18.1 Å². The number of nitro groups is 1. The predicted molar refractivity (Wildman–Crippen MR) is 122 cm³/mol. The van der Waals surface area contributed by atoms with Gasteiger partial charge in [-0.3, -0.25) is 19.8 Å². The predicted octanol–water partition coefficient (Wildman–Crippen LogP) is 4.58. The van der Waals surface area contributed by atoms with Crippen molar-refractivity contribution in [3.63, 3.8) is 0 Å². The average Bonchev–Trinajstić information content (AvgIpc) is 3.07. The van der Waals surface area contributed by atoms with Crippen molar-refractivity contribution in [2.24, 2.45) is 0 Å². The number of ether oxygens (including phenoxy) is 1. The fourth-order valence-electron chi connectivity index (χ4n) is 3.40. The molecule has 0 spiro atoms. The van der Waals surface area contributed by atoms with E-state index in [1.165, 1.54) is 12.1 Å². The summed E-state index contributed by atoms with van der Waals surface area (Å²) in [5.41, 5.74) is 3.33. The van der Waals surface area contributed by atoms with Crippen molar-refractivity contribution in [1.82, 2.24) is 10.2 Å². The van der Waals surface area contributed by atoms with Crippen molar-refractivity contribution < 1.29 is 19.2 Å². The molecule has 1 heterocycles. The molecule has 1 saturated heterocycles. The highest BCUT2D eigenvalue weighted by atomic mass is 16.6. The Hall–Kier alpha value is -4.46. The largest absolute Gasteiger partial charge is 0.488 e. The first-order chi connectivity index (χ1) is 15.9. The lowest BCUT2D eigenvalue weighted by molar-refractivity contribution is -0.384. The molecule has 33 heavy (non-hydrogen) atoms. The Morgan fingerprint density at radius 1 is 1.00 bits per heavy atom. The minimum Gasteiger partial charge on any atom is -0.488 e. The van der Waals surface area contributed by atoms with Crippen LogP contribution in [0.1, 0.15) is 22.3 Å². The zero-order chi connectivity index (χ0) is 23.4. The molecule has 0 atom stereocenters. The van der Waals surface area contributed by atoms with Gasteiger partial charge >= 0.3 is 6.03 Å². The highest BCUT2D eigenvalue weighted by Gasteiger charge is 2.33. The molecule has 0 unspecified atom stereocenters. The van der Waals surface area contributed by atoms with Crippen LogP contribution in [-0.2, 0) is 17.9 Å². The van der Waals surface area contributed by atoms with E-state index >= 15 is 0 Å². The van der Waals surface area contributed by atoms with Crippen LogP contribution >= 0.6 is 0 Å². The topological polar surface area (TPSA) is 102 Å². The molecular formula is C25H21N3O5. The lowest BCUT2D eigenvalue weighted by Crippen LogP contribution is -2.30. The molecule has 3 aromatic rings. The highest BCUT2D eigenvalue weighted by molar-refractivity contribution is 6.14. The Balaban J connectivity index is 1.50. The molecule has 8 nitrogen and oxygen atoms in total. The zero-order valence-electron chi connectivity index (χ0n) is 17.9. The van der Waals surface area contributed by atoms with E-state index in [9.17, 15) is 19.7 Å². The van der Waals surface area contributed by atoms with E-state index < -0.39 is 16.9 Å². The second kappa shape index (κ2) is 9.35. The van der Waals surface area contributed by atoms with Crippen molar-refractivity contribution in [3.8, 4) is 5.75 Å². The Morgan fingerprint density at radius 3 is 2.52 bits per heavy atom. The second-order valence-electron chi connectivity index (χ2n) is 7.62. The summed E-state index contributed by atoms with van der Waals surface area (Å²) in [5.74, 6) is 0.0598. The lowest BCUT2D eigenvalue weighted by Gasteiger charge is -2.12. The van der Waals surface area contributed by atoms with Crippen LogP contribution < -0.4 is 10.1 Å². The van der Waals surface area contributed by atoms with E-state index in [1.807, 2.05) is 31.2 Å². The number of amides is 3. The number of benzene rings is 3. The minimum absolute atomic E-state index is 0.0144. The van der Waals surface area contributed by atoms with Gasteiger partial charge in [0, 0.05) is 17.7 Å². The van der Waals surface area contributed by atoms with E-state index in [0.717, 1.165) is 16.0 Å². The number of nitrogens with one attached hydrogen (secondary N) is 1. The summed E-state index contributed by atoms with van der Waals surface area (Å²) in [6, 6.07) is 20.4. The van der Waals surface area contributed by atoms with E-state index in [-0.39, 0.29) is 24.5 Å². The third kappa shape index (κ3) is 5.07. The first-order valence-electron chi connectivity index (χ1n) is 10.3. The minimum atomic E-state index is -0.484. The number of urea groups is 1. The molecule has 0 radical (unpaired) electrons. The molecule has 0 aromatic heterocycles. The van der Waals surface area contributed by atoms with Gasteiger partial charge in [-0.1, -0.05) is 60.2 Å². The number of hydrogen-bond acceptors (Lipinski definition) is 5. The van der Waals surface area contributed by atoms with Crippen LogP contribution in [0.25, 0.3) is 6.08 Å². The van der Waals surface area contributed by atoms with E-state index in [2.05, 4.69) is 5.32 Å². The summed E-state index contributed by atoms with van der Waals surface area (Å²) in [7, 11) is 0. The van der Waals surface area contributed by atoms with Crippen LogP contribution in [0.3, 0.4) is 0 Å². The Bertz CT molecular complexity index is 1250. The fourth-order valence-corrected chi connectivity index (χ4v) is 3.40. The molecule has 3 amide bonds. The Morgan fingerprint density at radius 2 is 1.76 bits per heavy atom. The van der Waals surface area contributed by atoms with E-state index in [4.69, 9.17) is 4.74 Å². The van der Waals surface area contributed by atoms with Gasteiger partial charge in [0.25, 0.3) is 11.6 Å². The van der Waals surface area contributed by atoms with Crippen molar-refractivity contribution in [1.29, 1.82) is 0 Å². The highest BCUT2D eigenvalue weighted by Crippen LogP contribution is 2.25. The Labute approximate surface area is 190 Å². The fraction of sp³-hybridized carbons (Fsp3) is 0.120. The number of hydrogen-bond donors (Lipinski definition) is 1. The quantitative estimate of drug-likeness (QED) is 0.249. The first kappa shape index (κ1) is 21.8. The zero-order valence-corrected chi connectivity index (χ0v) is 17.9. The molecule has 0 aliphatic carbocycles. The van der Waals surface area contributed by atoms with Crippen LogP contribution in [0.5, 0.6) is 5.75 Å². The monoisotopic (exact) mass is 443 g/mol. The number of carbonyl (C=O) groups is 2. The summed E-state index contributed by atoms with van der Waals surface area (Å²) in [5, 5.41) is 13.6. The second-order valence-corrected chi connectivity index (χ2v) is 7.62. The van der Waals surface area contributed by atoms with Crippen molar-refractivity contribution >= 4 is 23.7 Å². The van der Waals surface area contributed by atoms with Gasteiger partial charge in [-0.2, -0.15) is 0 Å². The molecule has 1 fully saturated rings. The third-order valence-corrected chi connectivity index (χ3v) is 5.16. The normalized spacial score (nSPS) is 14.5. The standard InChI is InChI=1S/C25H21N3O5/c1-17-9-11-18(12-10-17)15-27-24(29)22(26-25(27)30)14-20-6-2-3-8-23(20)33-16-19-5-4-7-21(13-19)28(31)32/h2-14H,15-16H2,1H3,(H,26,30)/b22-14+. The third-order valence-electron chi connectivity index (χ3n) is 5.16. The molecular weight excluding hydrogens is 422 g/mol. The Kier molecular flexibility index (Phi) is 6.17. The van der Waals surface area contributed by atoms with E-state index in [1.54, 1.807) is 42.5 Å². The van der Waals surface area contributed by atoms with Gasteiger partial charge in [-0.05, 0) is 30.2 Å². The van der Waals surface area contributed by atoms with Crippen LogP contribution in [0.15, 0.2) is 78.5 Å². The summed E-state index contributed by atoms with van der Waals surface area (Å²) in [6.07, 6.45) is 1.57. The molecule has 4 rings (SSSR count). The summed E-state index contributed by atoms with van der Waals surface area (Å²) in [6.45, 7) is 2.26. The average molecular weight is 443 g/mol. The van der Waals surface area contributed by atoms with Gasteiger partial charge in [0.05, 0.1) is 11.5 Å². The van der Waals surface area contributed by atoms with Crippen molar-refractivity contribution in [3.05, 3.63) is 111 Å². The number of nitrogens with zero attached hydrogens (tertiary/aromatic N) is 2. The van der Waals surface area contributed by atoms with E-state index in [0.29, 0.717) is 16.9 Å². The SMILES string of the molecule is Cc1ccc(CN2C(=O)N/C(=C/c3ccccc3OCc3cccc([N+](=O)[O-])c3)C2=O)cc1. The molecule has 0 saturated carbocycles. The number of para-hydroxylation sites is 1. The number of nitro benzene ring substituents is 1. The van der Waals surface area contributed by atoms with Gasteiger partial charge < -0.3 is 10.1 Å². The number of aryl methyl sites for hydroxylation is 1. The van der Waals surface area contributed by atoms with Crippen molar-refractivity contribution in [2.45, 2.75) is 20.1 Å². The first-order valence-corrected chi connectivity index (χ1v) is 10.3. The molecule has 1 aliphatic rings. The number of non-ortho nitro benzene ring substituents is 1. The summed E-state index contributed by atoms with van der Waals surface area (Å²) >= 11 is 0. The van der Waals surface area contributed by atoms with Crippen LogP contribution in [0.4, 0.5) is 10.5 Å². The maximum Gasteiger partial charge on any atom is 0.329 e. The van der Waals surface area contributed by atoms with Gasteiger partial charge in [-0.25, -0.2) is 4.79 Å².